The van der Waals surface area contributed by atoms with E-state index < -0.39 is 0 Å². The number of ether oxygens (including phenoxy) is 2. The second-order valence-electron chi connectivity index (χ2n) is 5.57. The molecule has 4 heteroatoms. The van der Waals surface area contributed by atoms with Gasteiger partial charge in [0.2, 0.25) is 0 Å². The monoisotopic (exact) mass is 293 g/mol. The van der Waals surface area contributed by atoms with Crippen LogP contribution in [-0.4, -0.2) is 48.5 Å². The fourth-order valence-electron chi connectivity index (χ4n) is 2.96. The first kappa shape index (κ1) is 16.1. The molecule has 1 saturated heterocycles. The maximum atomic E-state index is 9.88. The van der Waals surface area contributed by atoms with E-state index in [0.717, 1.165) is 31.0 Å². The Kier molecular flexibility index (Phi) is 6.33. The summed E-state index contributed by atoms with van der Waals surface area (Å²) in [5, 5.41) is 9.88. The van der Waals surface area contributed by atoms with E-state index in [1.807, 2.05) is 38.1 Å². The molecule has 0 radical (unpaired) electrons. The number of rotatable bonds is 7. The molecule has 2 atom stereocenters. The number of hydrogen-bond donors (Lipinski definition) is 1. The number of aliphatic hydroxyl groups excluding tert-OH is 1. The number of likely N-dealkylation sites (tertiary alicyclic amines) is 1. The van der Waals surface area contributed by atoms with Gasteiger partial charge >= 0.3 is 0 Å². The summed E-state index contributed by atoms with van der Waals surface area (Å²) in [7, 11) is 0. The minimum absolute atomic E-state index is 0.268. The van der Waals surface area contributed by atoms with Crippen molar-refractivity contribution in [1.29, 1.82) is 0 Å². The fourth-order valence-corrected chi connectivity index (χ4v) is 2.96. The first-order valence-corrected chi connectivity index (χ1v) is 7.99. The van der Waals surface area contributed by atoms with Crippen molar-refractivity contribution in [3.63, 3.8) is 0 Å². The fraction of sp³-hybridized carbons (Fsp3) is 0.647. The van der Waals surface area contributed by atoms with Gasteiger partial charge in [-0.1, -0.05) is 18.6 Å². The number of hydrogen-bond acceptors (Lipinski definition) is 4. The van der Waals surface area contributed by atoms with Gasteiger partial charge in [0.1, 0.15) is 6.61 Å². The molecular weight excluding hydrogens is 266 g/mol. The largest absolute Gasteiger partial charge is 0.490 e. The molecule has 1 aromatic carbocycles. The molecule has 0 saturated carbocycles. The third-order valence-electron chi connectivity index (χ3n) is 4.01. The Morgan fingerprint density at radius 2 is 1.95 bits per heavy atom. The van der Waals surface area contributed by atoms with Gasteiger partial charge in [-0.2, -0.15) is 0 Å². The van der Waals surface area contributed by atoms with Gasteiger partial charge in [-0.15, -0.1) is 0 Å². The quantitative estimate of drug-likeness (QED) is 0.839. The molecular formula is C17H27NO3. The van der Waals surface area contributed by atoms with Crippen LogP contribution in [0.5, 0.6) is 11.5 Å². The first-order chi connectivity index (χ1) is 10.2. The van der Waals surface area contributed by atoms with Crippen molar-refractivity contribution < 1.29 is 14.6 Å². The Bertz CT molecular complexity index is 422. The van der Waals surface area contributed by atoms with Crippen molar-refractivity contribution in [1.82, 2.24) is 4.90 Å². The molecule has 0 spiro atoms. The van der Waals surface area contributed by atoms with Gasteiger partial charge in [0.25, 0.3) is 0 Å². The van der Waals surface area contributed by atoms with E-state index >= 15 is 0 Å². The molecule has 2 unspecified atom stereocenters. The van der Waals surface area contributed by atoms with Crippen LogP contribution in [0.4, 0.5) is 0 Å². The maximum absolute atomic E-state index is 9.88. The van der Waals surface area contributed by atoms with Crippen LogP contribution >= 0.6 is 0 Å². The van der Waals surface area contributed by atoms with Crippen molar-refractivity contribution in [2.75, 3.05) is 26.3 Å². The summed E-state index contributed by atoms with van der Waals surface area (Å²) in [6, 6.07) is 8.04. The highest BCUT2D eigenvalue weighted by Crippen LogP contribution is 2.26. The van der Waals surface area contributed by atoms with Gasteiger partial charge in [-0.3, -0.25) is 4.90 Å². The SMILES string of the molecule is CCOc1ccccc1OCCN1CCCCC1C(C)O. The smallest absolute Gasteiger partial charge is 0.161 e. The third-order valence-corrected chi connectivity index (χ3v) is 4.01. The zero-order valence-corrected chi connectivity index (χ0v) is 13.1. The second-order valence-corrected chi connectivity index (χ2v) is 5.57. The van der Waals surface area contributed by atoms with E-state index in [1.54, 1.807) is 0 Å². The van der Waals surface area contributed by atoms with Crippen molar-refractivity contribution >= 4 is 0 Å². The molecule has 0 bridgehead atoms. The topological polar surface area (TPSA) is 41.9 Å². The maximum Gasteiger partial charge on any atom is 0.161 e. The van der Waals surface area contributed by atoms with Crippen LogP contribution in [0.3, 0.4) is 0 Å². The molecule has 1 N–H and O–H groups in total. The summed E-state index contributed by atoms with van der Waals surface area (Å²) >= 11 is 0. The van der Waals surface area contributed by atoms with Gasteiger partial charge in [-0.25, -0.2) is 0 Å². The first-order valence-electron chi connectivity index (χ1n) is 7.99. The van der Waals surface area contributed by atoms with Gasteiger partial charge in [0.15, 0.2) is 11.5 Å². The van der Waals surface area contributed by atoms with Crippen molar-refractivity contribution in [2.45, 2.75) is 45.3 Å². The lowest BCUT2D eigenvalue weighted by Gasteiger charge is -2.37. The molecule has 1 aromatic rings. The van der Waals surface area contributed by atoms with Gasteiger partial charge < -0.3 is 14.6 Å². The van der Waals surface area contributed by atoms with E-state index in [2.05, 4.69) is 4.90 Å². The van der Waals surface area contributed by atoms with Crippen molar-refractivity contribution in [2.24, 2.45) is 0 Å². The summed E-state index contributed by atoms with van der Waals surface area (Å²) in [6.07, 6.45) is 3.22. The van der Waals surface area contributed by atoms with Crippen LogP contribution in [0.1, 0.15) is 33.1 Å². The van der Waals surface area contributed by atoms with Crippen molar-refractivity contribution in [3.8, 4) is 11.5 Å². The Balaban J connectivity index is 1.86. The molecule has 0 aromatic heterocycles. The summed E-state index contributed by atoms with van der Waals surface area (Å²) < 4.78 is 11.4. The van der Waals surface area contributed by atoms with Crippen molar-refractivity contribution in [3.05, 3.63) is 24.3 Å². The Labute approximate surface area is 127 Å². The Morgan fingerprint density at radius 3 is 2.62 bits per heavy atom. The Morgan fingerprint density at radius 1 is 1.24 bits per heavy atom. The predicted octanol–water partition coefficient (Wildman–Crippen LogP) is 2.70. The molecule has 0 amide bonds. The zero-order valence-electron chi connectivity index (χ0n) is 13.1. The molecule has 2 rings (SSSR count). The molecule has 4 nitrogen and oxygen atoms in total. The van der Waals surface area contributed by atoms with E-state index in [-0.39, 0.29) is 12.1 Å². The highest BCUT2D eigenvalue weighted by Gasteiger charge is 2.25. The number of para-hydroxylation sites is 2. The molecule has 1 aliphatic heterocycles. The molecule has 1 aliphatic rings. The zero-order chi connectivity index (χ0) is 15.1. The minimum Gasteiger partial charge on any atom is -0.490 e. The lowest BCUT2D eigenvalue weighted by atomic mass is 9.98. The third kappa shape index (κ3) is 4.61. The van der Waals surface area contributed by atoms with E-state index in [1.165, 1.54) is 12.8 Å². The van der Waals surface area contributed by atoms with Crippen LogP contribution in [0.2, 0.25) is 0 Å². The molecule has 21 heavy (non-hydrogen) atoms. The average molecular weight is 293 g/mol. The molecule has 1 fully saturated rings. The van der Waals surface area contributed by atoms with Gasteiger partial charge in [0, 0.05) is 12.6 Å². The number of piperidine rings is 1. The van der Waals surface area contributed by atoms with Crippen LogP contribution < -0.4 is 9.47 Å². The van der Waals surface area contributed by atoms with Crippen LogP contribution in [0.15, 0.2) is 24.3 Å². The molecule has 118 valence electrons. The normalized spacial score (nSPS) is 21.0. The van der Waals surface area contributed by atoms with Crippen LogP contribution in [0.25, 0.3) is 0 Å². The average Bonchev–Trinajstić information content (AvgIpc) is 2.49. The summed E-state index contributed by atoms with van der Waals surface area (Å²) in [5.74, 6) is 1.59. The van der Waals surface area contributed by atoms with Gasteiger partial charge in [0.05, 0.1) is 12.7 Å². The van der Waals surface area contributed by atoms with Crippen LogP contribution in [-0.2, 0) is 0 Å². The van der Waals surface area contributed by atoms with E-state index in [9.17, 15) is 5.11 Å². The molecule has 1 heterocycles. The summed E-state index contributed by atoms with van der Waals surface area (Å²) in [6.45, 7) is 7.00. The van der Waals surface area contributed by atoms with E-state index in [4.69, 9.17) is 9.47 Å². The standard InChI is InChI=1S/C17H27NO3/c1-3-20-16-9-4-5-10-17(16)21-13-12-18-11-7-6-8-15(18)14(2)19/h4-5,9-10,14-15,19H,3,6-8,11-13H2,1-2H3. The number of nitrogens with zero attached hydrogens (tertiary/aromatic N) is 1. The van der Waals surface area contributed by atoms with Crippen LogP contribution in [0, 0.1) is 0 Å². The highest BCUT2D eigenvalue weighted by atomic mass is 16.5. The minimum atomic E-state index is -0.277. The summed E-state index contributed by atoms with van der Waals surface area (Å²) in [4.78, 5) is 2.34. The Hall–Kier alpha value is -1.26. The molecule has 0 aliphatic carbocycles. The number of aliphatic hydroxyl groups is 1. The summed E-state index contributed by atoms with van der Waals surface area (Å²) in [5.41, 5.74) is 0. The second kappa shape index (κ2) is 8.25. The van der Waals surface area contributed by atoms with Gasteiger partial charge in [-0.05, 0) is 45.4 Å². The predicted molar refractivity (Wildman–Crippen MR) is 84.0 cm³/mol. The van der Waals surface area contributed by atoms with E-state index in [0.29, 0.717) is 13.2 Å². The highest BCUT2D eigenvalue weighted by molar-refractivity contribution is 5.39. The lowest BCUT2D eigenvalue weighted by molar-refractivity contribution is 0.0291. The lowest BCUT2D eigenvalue weighted by Crippen LogP contribution is -2.47. The number of benzene rings is 1.